The number of anilines is 2. The van der Waals surface area contributed by atoms with Crippen molar-refractivity contribution in [1.82, 2.24) is 14.5 Å². The number of piperazine rings is 3. The number of sulfonamides is 1. The Labute approximate surface area is 392 Å². The molecule has 5 aliphatic heterocycles. The molecular formula is C52H71N8O5S+3. The van der Waals surface area contributed by atoms with Crippen molar-refractivity contribution in [3.8, 4) is 0 Å². The highest BCUT2D eigenvalue weighted by Gasteiger charge is 2.52. The second-order valence-electron chi connectivity index (χ2n) is 20.4. The van der Waals surface area contributed by atoms with Gasteiger partial charge < -0.3 is 30.2 Å². The number of rotatable bonds is 18. The SMILES string of the molecule is CN1C(=CC=C/C=C/C=C/C2C(C)(C)c3cc(S(=O)(=O)NCCCC(=O)NCC(=O)Nc4ccc(CC[N+]56CC[N+](CC(N)=O)(CC5)CC6)cc4)ccc3[N+]2(C)C)C(C)(C)c2ccccc21. The van der Waals surface area contributed by atoms with Gasteiger partial charge in [-0.3, -0.25) is 18.9 Å². The first-order chi connectivity index (χ1) is 31.2. The van der Waals surface area contributed by atoms with Crippen LogP contribution in [0.3, 0.4) is 0 Å². The van der Waals surface area contributed by atoms with Crippen molar-refractivity contribution < 1.29 is 31.8 Å². The van der Waals surface area contributed by atoms with Crippen LogP contribution >= 0.6 is 0 Å². The van der Waals surface area contributed by atoms with E-state index in [9.17, 15) is 22.8 Å². The van der Waals surface area contributed by atoms with E-state index in [1.165, 1.54) is 22.5 Å². The summed E-state index contributed by atoms with van der Waals surface area (Å²) in [5.74, 6) is -0.883. The smallest absolute Gasteiger partial charge is 0.272 e. The standard InChI is InChI=1S/C52H68N8O5S/c1-51(2)42-16-13-14-17-44(42)57(5)46(51)18-11-9-8-10-12-19-47-52(3,4)43-36-41(25-26-45(43)58(47,6)7)66(64,65)55-28-15-20-49(62)54-37-50(63)56-40-23-21-39(22-24-40)27-29-59-30-33-60(34-31-59,35-32-59)38-48(53)61/h8-14,16-19,21-26,36,47,55H,15,20,27-35,37-38H2,1-7H3,(H-3,53,54,56,61,62,63)/p+3/b10-8+,11-9?,19-12+,46-18?. The number of benzene rings is 3. The molecular weight excluding hydrogens is 849 g/mol. The van der Waals surface area contributed by atoms with E-state index >= 15 is 0 Å². The average molecular weight is 920 g/mol. The van der Waals surface area contributed by atoms with Gasteiger partial charge in [0.25, 0.3) is 5.91 Å². The monoisotopic (exact) mass is 920 g/mol. The lowest BCUT2D eigenvalue weighted by Crippen LogP contribution is -2.76. The molecule has 1 atom stereocenters. The number of amides is 3. The van der Waals surface area contributed by atoms with Gasteiger partial charge in [0.05, 0.1) is 37.5 Å². The molecule has 5 heterocycles. The molecule has 14 heteroatoms. The number of fused-ring (bicyclic) bond motifs is 5. The van der Waals surface area contributed by atoms with Crippen molar-refractivity contribution in [3.05, 3.63) is 132 Å². The van der Waals surface area contributed by atoms with Crippen LogP contribution in [0.1, 0.15) is 57.2 Å². The molecule has 66 heavy (non-hydrogen) atoms. The van der Waals surface area contributed by atoms with Gasteiger partial charge in [-0.25, -0.2) is 13.1 Å². The Morgan fingerprint density at radius 1 is 0.818 bits per heavy atom. The van der Waals surface area contributed by atoms with Crippen molar-refractivity contribution in [2.24, 2.45) is 5.73 Å². The number of carbonyl (C=O) groups is 3. The van der Waals surface area contributed by atoms with Crippen LogP contribution in [0, 0.1) is 0 Å². The van der Waals surface area contributed by atoms with Crippen LogP contribution in [0.15, 0.2) is 120 Å². The predicted octanol–water partition coefficient (Wildman–Crippen LogP) is 5.40. The van der Waals surface area contributed by atoms with Crippen molar-refractivity contribution in [2.45, 2.75) is 68.7 Å². The number of nitrogens with zero attached hydrogens (tertiary/aromatic N) is 4. The van der Waals surface area contributed by atoms with Gasteiger partial charge in [-0.2, -0.15) is 0 Å². The summed E-state index contributed by atoms with van der Waals surface area (Å²) in [5, 5.41) is 5.49. The molecule has 352 valence electrons. The molecule has 0 spiro atoms. The van der Waals surface area contributed by atoms with Gasteiger partial charge in [0.1, 0.15) is 51.0 Å². The number of hydrogen-bond donors (Lipinski definition) is 4. The van der Waals surface area contributed by atoms with Gasteiger partial charge in [0, 0.05) is 60.6 Å². The Hall–Kier alpha value is -5.38. The quantitative estimate of drug-likeness (QED) is 0.0764. The number of primary amides is 1. The van der Waals surface area contributed by atoms with Crippen LogP contribution < -0.4 is 30.5 Å². The molecule has 0 aliphatic carbocycles. The third-order valence-corrected chi connectivity index (χ3v) is 16.5. The van der Waals surface area contributed by atoms with Crippen molar-refractivity contribution >= 4 is 44.8 Å². The highest BCUT2D eigenvalue weighted by Crippen LogP contribution is 2.49. The molecule has 3 aromatic rings. The largest absolute Gasteiger partial charge is 0.365 e. The van der Waals surface area contributed by atoms with Crippen molar-refractivity contribution in [1.29, 1.82) is 0 Å². The maximum atomic E-state index is 13.5. The third-order valence-electron chi connectivity index (χ3n) is 15.0. The molecule has 3 saturated heterocycles. The van der Waals surface area contributed by atoms with Crippen LogP contribution in [0.4, 0.5) is 17.1 Å². The highest BCUT2D eigenvalue weighted by molar-refractivity contribution is 7.89. The Balaban J connectivity index is 0.829. The van der Waals surface area contributed by atoms with Gasteiger partial charge in [-0.15, -0.1) is 0 Å². The molecule has 3 fully saturated rings. The Kier molecular flexibility index (Phi) is 14.0. The zero-order valence-corrected chi connectivity index (χ0v) is 40.8. The van der Waals surface area contributed by atoms with Crippen LogP contribution in [0.5, 0.6) is 0 Å². The molecule has 5 aliphatic rings. The first-order valence-electron chi connectivity index (χ1n) is 23.4. The van der Waals surface area contributed by atoms with Gasteiger partial charge in [-0.1, -0.05) is 74.6 Å². The Morgan fingerprint density at radius 3 is 2.15 bits per heavy atom. The van der Waals surface area contributed by atoms with Crippen LogP contribution in [-0.4, -0.2) is 128 Å². The molecule has 0 radical (unpaired) electrons. The van der Waals surface area contributed by atoms with E-state index in [1.54, 1.807) is 12.1 Å². The van der Waals surface area contributed by atoms with E-state index < -0.39 is 10.0 Å². The minimum absolute atomic E-state index is 0.0594. The van der Waals surface area contributed by atoms with Crippen LogP contribution in [-0.2, 0) is 41.7 Å². The van der Waals surface area contributed by atoms with Crippen LogP contribution in [0.2, 0.25) is 0 Å². The molecule has 3 amide bonds. The van der Waals surface area contributed by atoms with E-state index in [0.29, 0.717) is 16.7 Å². The fraction of sp³-hybridized carbons (Fsp3) is 0.442. The van der Waals surface area contributed by atoms with Gasteiger partial charge in [-0.05, 0) is 73.9 Å². The third kappa shape index (κ3) is 10.3. The zero-order chi connectivity index (χ0) is 47.5. The molecule has 0 aromatic heterocycles. The predicted molar refractivity (Wildman–Crippen MR) is 265 cm³/mol. The number of hydrogen-bond acceptors (Lipinski definition) is 6. The summed E-state index contributed by atoms with van der Waals surface area (Å²) >= 11 is 0. The second-order valence-corrected chi connectivity index (χ2v) is 22.2. The minimum atomic E-state index is -3.84. The summed E-state index contributed by atoms with van der Waals surface area (Å²) in [6.07, 6.45) is 15.9. The number of allylic oxidation sites excluding steroid dienone is 7. The molecule has 3 aromatic carbocycles. The summed E-state index contributed by atoms with van der Waals surface area (Å²) in [6.45, 7) is 16.4. The van der Waals surface area contributed by atoms with E-state index in [1.807, 2.05) is 48.6 Å². The molecule has 1 unspecified atom stereocenters. The van der Waals surface area contributed by atoms with Crippen LogP contribution in [0.25, 0.3) is 0 Å². The average Bonchev–Trinajstić information content (AvgIpc) is 3.57. The number of likely N-dealkylation sites (N-methyl/N-ethyl adjacent to an activating group) is 2. The number of nitrogens with one attached hydrogen (secondary N) is 3. The molecule has 0 saturated carbocycles. The lowest BCUT2D eigenvalue weighted by atomic mass is 9.80. The lowest BCUT2D eigenvalue weighted by molar-refractivity contribution is -1.08. The van der Waals surface area contributed by atoms with Gasteiger partial charge in [0.15, 0.2) is 6.54 Å². The molecule has 13 nitrogen and oxygen atoms in total. The van der Waals surface area contributed by atoms with Gasteiger partial charge in [0.2, 0.25) is 21.8 Å². The first kappa shape index (κ1) is 48.6. The Bertz CT molecular complexity index is 2530. The number of nitrogens with two attached hydrogens (primary N) is 1. The number of quaternary nitrogens is 3. The Morgan fingerprint density at radius 2 is 1.47 bits per heavy atom. The summed E-state index contributed by atoms with van der Waals surface area (Å²) in [7, 11) is 2.58. The summed E-state index contributed by atoms with van der Waals surface area (Å²) in [6, 6.07) is 21.8. The van der Waals surface area contributed by atoms with E-state index in [-0.39, 0.29) is 65.4 Å². The fourth-order valence-corrected chi connectivity index (χ4v) is 12.2. The maximum Gasteiger partial charge on any atom is 0.272 e. The fourth-order valence-electron chi connectivity index (χ4n) is 11.1. The minimum Gasteiger partial charge on any atom is -0.365 e. The zero-order valence-electron chi connectivity index (χ0n) is 40.0. The molecule has 2 bridgehead atoms. The molecule has 5 N–H and O–H groups in total. The first-order valence-corrected chi connectivity index (χ1v) is 24.8. The highest BCUT2D eigenvalue weighted by atomic mass is 32.2. The van der Waals surface area contributed by atoms with Crippen molar-refractivity contribution in [3.63, 3.8) is 0 Å². The van der Waals surface area contributed by atoms with Gasteiger partial charge >= 0.3 is 0 Å². The summed E-state index contributed by atoms with van der Waals surface area (Å²) < 4.78 is 32.1. The normalized spacial score (nSPS) is 24.3. The summed E-state index contributed by atoms with van der Waals surface area (Å²) in [5.41, 5.74) is 12.8. The summed E-state index contributed by atoms with van der Waals surface area (Å²) in [4.78, 5) is 39.3. The number of para-hydroxylation sites is 1. The van der Waals surface area contributed by atoms with E-state index in [0.717, 1.165) is 72.5 Å². The maximum absolute atomic E-state index is 13.5. The van der Waals surface area contributed by atoms with E-state index in [4.69, 9.17) is 5.73 Å². The lowest BCUT2D eigenvalue weighted by Gasteiger charge is -2.55. The topological polar surface area (TPSA) is 151 Å². The second kappa shape index (κ2) is 19.1. The number of carbonyl (C=O) groups excluding carboxylic acids is 3. The van der Waals surface area contributed by atoms with Crippen molar-refractivity contribution in [2.75, 3.05) is 96.8 Å². The molecule has 8 rings (SSSR count). The van der Waals surface area contributed by atoms with E-state index in [2.05, 4.69) is 118 Å².